The van der Waals surface area contributed by atoms with Gasteiger partial charge >= 0.3 is 0 Å². The molecule has 1 unspecified atom stereocenters. The van der Waals surface area contributed by atoms with Crippen LogP contribution in [0.3, 0.4) is 0 Å². The smallest absolute Gasteiger partial charge is 0.166 e. The molecular weight excluding hydrogens is 212 g/mol. The molecule has 2 heteroatoms. The van der Waals surface area contributed by atoms with Crippen LogP contribution in [-0.2, 0) is 4.74 Å². The molecule has 0 bridgehead atoms. The highest BCUT2D eigenvalue weighted by Crippen LogP contribution is 2.31. The van der Waals surface area contributed by atoms with E-state index in [1.165, 1.54) is 0 Å². The number of ether oxygens (including phenoxy) is 1. The number of Topliss-reactive ketones (excluding diaryl/α,β-unsaturated/α-hetero) is 1. The Morgan fingerprint density at radius 3 is 2.71 bits per heavy atom. The molecule has 1 fully saturated rings. The van der Waals surface area contributed by atoms with Crippen molar-refractivity contribution in [2.24, 2.45) is 5.92 Å². The van der Waals surface area contributed by atoms with Gasteiger partial charge in [-0.1, -0.05) is 24.3 Å². The minimum absolute atomic E-state index is 0.111. The standard InChI is InChI=1S/C15H20O2/c1-11-6-4-5-7-13(11)14(16)12-8-9-17-15(2,3)10-12/h4-7,12H,8-10H2,1-3H3. The van der Waals surface area contributed by atoms with Gasteiger partial charge in [0.2, 0.25) is 0 Å². The number of hydrogen-bond acceptors (Lipinski definition) is 2. The van der Waals surface area contributed by atoms with Crippen molar-refractivity contribution >= 4 is 5.78 Å². The summed E-state index contributed by atoms with van der Waals surface area (Å²) in [7, 11) is 0. The molecule has 17 heavy (non-hydrogen) atoms. The highest BCUT2D eigenvalue weighted by Gasteiger charge is 2.33. The Kier molecular flexibility index (Phi) is 3.34. The maximum Gasteiger partial charge on any atom is 0.166 e. The molecule has 0 aliphatic carbocycles. The summed E-state index contributed by atoms with van der Waals surface area (Å²) in [5.74, 6) is 0.388. The summed E-state index contributed by atoms with van der Waals surface area (Å²) in [5.41, 5.74) is 1.78. The molecule has 0 radical (unpaired) electrons. The molecule has 1 aromatic rings. The van der Waals surface area contributed by atoms with Crippen LogP contribution >= 0.6 is 0 Å². The van der Waals surface area contributed by atoms with Crippen molar-refractivity contribution in [1.82, 2.24) is 0 Å². The zero-order valence-electron chi connectivity index (χ0n) is 10.8. The number of benzene rings is 1. The summed E-state index contributed by atoms with van der Waals surface area (Å²) in [4.78, 5) is 12.5. The molecule has 0 amide bonds. The van der Waals surface area contributed by atoms with E-state index >= 15 is 0 Å². The van der Waals surface area contributed by atoms with Crippen LogP contribution in [-0.4, -0.2) is 18.0 Å². The van der Waals surface area contributed by atoms with Gasteiger partial charge in [0.1, 0.15) is 0 Å². The van der Waals surface area contributed by atoms with Crippen LogP contribution in [0.15, 0.2) is 24.3 Å². The monoisotopic (exact) mass is 232 g/mol. The average Bonchev–Trinajstić information content (AvgIpc) is 2.27. The normalized spacial score (nSPS) is 23.4. The largest absolute Gasteiger partial charge is 0.376 e. The van der Waals surface area contributed by atoms with Gasteiger partial charge in [-0.15, -0.1) is 0 Å². The van der Waals surface area contributed by atoms with Gasteiger partial charge in [-0.05, 0) is 39.2 Å². The maximum absolute atomic E-state index is 12.5. The van der Waals surface area contributed by atoms with E-state index in [1.807, 2.05) is 31.2 Å². The molecule has 1 atom stereocenters. The molecule has 0 saturated carbocycles. The van der Waals surface area contributed by atoms with Gasteiger partial charge < -0.3 is 4.74 Å². The Morgan fingerprint density at radius 1 is 1.35 bits per heavy atom. The molecule has 2 rings (SSSR count). The van der Waals surface area contributed by atoms with Crippen LogP contribution < -0.4 is 0 Å². The van der Waals surface area contributed by atoms with E-state index < -0.39 is 0 Å². The van der Waals surface area contributed by atoms with Crippen LogP contribution in [0.5, 0.6) is 0 Å². The van der Waals surface area contributed by atoms with Gasteiger partial charge in [0, 0.05) is 18.1 Å². The number of hydrogen-bond donors (Lipinski definition) is 0. The van der Waals surface area contributed by atoms with Crippen LogP contribution in [0, 0.1) is 12.8 Å². The summed E-state index contributed by atoms with van der Waals surface area (Å²) in [6.07, 6.45) is 1.66. The van der Waals surface area contributed by atoms with E-state index in [4.69, 9.17) is 4.74 Å². The first-order chi connectivity index (χ1) is 7.99. The summed E-state index contributed by atoms with van der Waals surface area (Å²) in [6, 6.07) is 7.84. The first-order valence-electron chi connectivity index (χ1n) is 6.23. The number of carbonyl (C=O) groups excluding carboxylic acids is 1. The summed E-state index contributed by atoms with van der Waals surface area (Å²) < 4.78 is 5.66. The topological polar surface area (TPSA) is 26.3 Å². The number of rotatable bonds is 2. The van der Waals surface area contributed by atoms with Crippen molar-refractivity contribution in [1.29, 1.82) is 0 Å². The number of ketones is 1. The first-order valence-corrected chi connectivity index (χ1v) is 6.23. The SMILES string of the molecule is Cc1ccccc1C(=O)C1CCOC(C)(C)C1. The minimum atomic E-state index is -0.165. The molecular formula is C15H20O2. The van der Waals surface area contributed by atoms with Crippen LogP contribution in [0.2, 0.25) is 0 Å². The summed E-state index contributed by atoms with van der Waals surface area (Å²) in [6.45, 7) is 6.81. The summed E-state index contributed by atoms with van der Waals surface area (Å²) in [5, 5.41) is 0. The van der Waals surface area contributed by atoms with Crippen LogP contribution in [0.1, 0.15) is 42.6 Å². The Balaban J connectivity index is 2.18. The lowest BCUT2D eigenvalue weighted by molar-refractivity contribution is -0.0664. The number of aryl methyl sites for hydroxylation is 1. The molecule has 1 saturated heterocycles. The molecule has 0 N–H and O–H groups in total. The average molecular weight is 232 g/mol. The van der Waals surface area contributed by atoms with Crippen molar-refractivity contribution in [2.75, 3.05) is 6.61 Å². The molecule has 92 valence electrons. The zero-order chi connectivity index (χ0) is 12.5. The van der Waals surface area contributed by atoms with Crippen molar-refractivity contribution in [3.8, 4) is 0 Å². The predicted molar refractivity (Wildman–Crippen MR) is 68.3 cm³/mol. The first kappa shape index (κ1) is 12.3. The predicted octanol–water partition coefficient (Wildman–Crippen LogP) is 3.38. The Hall–Kier alpha value is -1.15. The van der Waals surface area contributed by atoms with E-state index in [9.17, 15) is 4.79 Å². The van der Waals surface area contributed by atoms with Gasteiger partial charge in [0.15, 0.2) is 5.78 Å². The Morgan fingerprint density at radius 2 is 2.06 bits per heavy atom. The summed E-state index contributed by atoms with van der Waals surface area (Å²) >= 11 is 0. The lowest BCUT2D eigenvalue weighted by atomic mass is 9.82. The van der Waals surface area contributed by atoms with Gasteiger partial charge in [0.05, 0.1) is 5.60 Å². The van der Waals surface area contributed by atoms with Gasteiger partial charge in [0.25, 0.3) is 0 Å². The minimum Gasteiger partial charge on any atom is -0.376 e. The molecule has 0 aromatic heterocycles. The molecule has 1 aliphatic rings. The van der Waals surface area contributed by atoms with E-state index in [-0.39, 0.29) is 17.3 Å². The Bertz CT molecular complexity index is 421. The highest BCUT2D eigenvalue weighted by molar-refractivity contribution is 5.99. The second kappa shape index (κ2) is 4.61. The zero-order valence-corrected chi connectivity index (χ0v) is 10.8. The van der Waals surface area contributed by atoms with E-state index in [0.29, 0.717) is 6.61 Å². The molecule has 0 spiro atoms. The van der Waals surface area contributed by atoms with Crippen molar-refractivity contribution in [3.63, 3.8) is 0 Å². The van der Waals surface area contributed by atoms with E-state index in [2.05, 4.69) is 13.8 Å². The van der Waals surface area contributed by atoms with Crippen LogP contribution in [0.4, 0.5) is 0 Å². The second-order valence-electron chi connectivity index (χ2n) is 5.48. The lowest BCUT2D eigenvalue weighted by Gasteiger charge is -2.34. The van der Waals surface area contributed by atoms with E-state index in [1.54, 1.807) is 0 Å². The van der Waals surface area contributed by atoms with Crippen molar-refractivity contribution < 1.29 is 9.53 Å². The third kappa shape index (κ3) is 2.75. The van der Waals surface area contributed by atoms with Crippen molar-refractivity contribution in [2.45, 2.75) is 39.2 Å². The molecule has 1 aromatic carbocycles. The molecule has 1 heterocycles. The fraction of sp³-hybridized carbons (Fsp3) is 0.533. The lowest BCUT2D eigenvalue weighted by Crippen LogP contribution is -2.37. The third-order valence-corrected chi connectivity index (χ3v) is 3.48. The second-order valence-corrected chi connectivity index (χ2v) is 5.48. The number of carbonyl (C=O) groups is 1. The van der Waals surface area contributed by atoms with Crippen LogP contribution in [0.25, 0.3) is 0 Å². The molecule has 1 aliphatic heterocycles. The maximum atomic E-state index is 12.5. The van der Waals surface area contributed by atoms with Crippen molar-refractivity contribution in [3.05, 3.63) is 35.4 Å². The highest BCUT2D eigenvalue weighted by atomic mass is 16.5. The van der Waals surface area contributed by atoms with Gasteiger partial charge in [-0.2, -0.15) is 0 Å². The van der Waals surface area contributed by atoms with Gasteiger partial charge in [-0.3, -0.25) is 4.79 Å². The quantitative estimate of drug-likeness (QED) is 0.731. The molecule has 2 nitrogen and oxygen atoms in total. The van der Waals surface area contributed by atoms with E-state index in [0.717, 1.165) is 24.0 Å². The third-order valence-electron chi connectivity index (χ3n) is 3.48. The fourth-order valence-electron chi connectivity index (χ4n) is 2.52. The Labute approximate surface area is 103 Å². The fourth-order valence-corrected chi connectivity index (χ4v) is 2.52. The van der Waals surface area contributed by atoms with Gasteiger partial charge in [-0.25, -0.2) is 0 Å².